The van der Waals surface area contributed by atoms with Crippen LogP contribution in [0, 0.1) is 0 Å². The van der Waals surface area contributed by atoms with Gasteiger partial charge in [0, 0.05) is 10.5 Å². The molecule has 1 aliphatic rings. The van der Waals surface area contributed by atoms with Crippen molar-refractivity contribution in [3.05, 3.63) is 34.3 Å². The SMILES string of the molecule is CCC(O)(c1cccc(Br)c1)C1CCCCN1. The van der Waals surface area contributed by atoms with E-state index in [1.807, 2.05) is 24.3 Å². The van der Waals surface area contributed by atoms with Gasteiger partial charge in [0.05, 0.1) is 0 Å². The molecule has 1 heterocycles. The van der Waals surface area contributed by atoms with Crippen LogP contribution in [0.3, 0.4) is 0 Å². The predicted molar refractivity (Wildman–Crippen MR) is 74.0 cm³/mol. The van der Waals surface area contributed by atoms with E-state index in [1.165, 1.54) is 12.8 Å². The Balaban J connectivity index is 2.29. The number of halogens is 1. The Hall–Kier alpha value is -0.380. The van der Waals surface area contributed by atoms with E-state index < -0.39 is 5.60 Å². The summed E-state index contributed by atoms with van der Waals surface area (Å²) in [5, 5.41) is 14.4. The Morgan fingerprint density at radius 1 is 1.47 bits per heavy atom. The zero-order chi connectivity index (χ0) is 12.3. The van der Waals surface area contributed by atoms with Crippen molar-refractivity contribution >= 4 is 15.9 Å². The minimum absolute atomic E-state index is 0.176. The third kappa shape index (κ3) is 2.72. The Bertz CT molecular complexity index is 376. The van der Waals surface area contributed by atoms with E-state index >= 15 is 0 Å². The van der Waals surface area contributed by atoms with Gasteiger partial charge in [0.25, 0.3) is 0 Å². The van der Waals surface area contributed by atoms with Gasteiger partial charge in [-0.1, -0.05) is 41.4 Å². The highest BCUT2D eigenvalue weighted by Gasteiger charge is 2.37. The Kier molecular flexibility index (Phi) is 4.23. The maximum atomic E-state index is 11.0. The summed E-state index contributed by atoms with van der Waals surface area (Å²) in [6.07, 6.45) is 4.21. The summed E-state index contributed by atoms with van der Waals surface area (Å²) in [6, 6.07) is 8.21. The third-order valence-electron chi connectivity index (χ3n) is 3.75. The number of rotatable bonds is 3. The Labute approximate surface area is 112 Å². The van der Waals surface area contributed by atoms with Crippen LogP contribution in [0.1, 0.15) is 38.2 Å². The molecule has 1 aliphatic heterocycles. The van der Waals surface area contributed by atoms with Crippen molar-refractivity contribution < 1.29 is 5.11 Å². The molecule has 0 spiro atoms. The molecule has 0 bridgehead atoms. The molecule has 1 aromatic carbocycles. The van der Waals surface area contributed by atoms with Crippen LogP contribution < -0.4 is 5.32 Å². The quantitative estimate of drug-likeness (QED) is 0.898. The van der Waals surface area contributed by atoms with Gasteiger partial charge in [0.2, 0.25) is 0 Å². The van der Waals surface area contributed by atoms with Crippen LogP contribution in [-0.4, -0.2) is 17.7 Å². The summed E-state index contributed by atoms with van der Waals surface area (Å²) in [4.78, 5) is 0. The molecule has 1 aromatic rings. The lowest BCUT2D eigenvalue weighted by atomic mass is 9.80. The van der Waals surface area contributed by atoms with E-state index in [0.29, 0.717) is 0 Å². The lowest BCUT2D eigenvalue weighted by molar-refractivity contribution is -0.0159. The molecule has 0 amide bonds. The molecule has 2 N–H and O–H groups in total. The molecule has 2 nitrogen and oxygen atoms in total. The fourth-order valence-electron chi connectivity index (χ4n) is 2.67. The molecule has 0 radical (unpaired) electrons. The van der Waals surface area contributed by atoms with E-state index in [1.54, 1.807) is 0 Å². The number of nitrogens with one attached hydrogen (secondary N) is 1. The summed E-state index contributed by atoms with van der Waals surface area (Å²) in [5.74, 6) is 0. The maximum Gasteiger partial charge on any atom is 0.105 e. The Morgan fingerprint density at radius 3 is 2.88 bits per heavy atom. The van der Waals surface area contributed by atoms with Gasteiger partial charge >= 0.3 is 0 Å². The molecule has 2 unspecified atom stereocenters. The van der Waals surface area contributed by atoms with Crippen molar-refractivity contribution in [1.29, 1.82) is 0 Å². The summed E-state index contributed by atoms with van der Waals surface area (Å²) in [5.41, 5.74) is 0.262. The van der Waals surface area contributed by atoms with Crippen molar-refractivity contribution in [3.63, 3.8) is 0 Å². The lowest BCUT2D eigenvalue weighted by Gasteiger charge is -2.39. The second kappa shape index (κ2) is 5.51. The first-order chi connectivity index (χ1) is 8.16. The molecular formula is C14H20BrNO. The van der Waals surface area contributed by atoms with Crippen LogP contribution in [0.15, 0.2) is 28.7 Å². The predicted octanol–water partition coefficient (Wildman–Crippen LogP) is 3.19. The van der Waals surface area contributed by atoms with E-state index in [-0.39, 0.29) is 6.04 Å². The smallest absolute Gasteiger partial charge is 0.105 e. The fourth-order valence-corrected chi connectivity index (χ4v) is 3.07. The first-order valence-corrected chi connectivity index (χ1v) is 7.18. The molecular weight excluding hydrogens is 278 g/mol. The highest BCUT2D eigenvalue weighted by Crippen LogP contribution is 2.33. The molecule has 0 saturated carbocycles. The molecule has 1 saturated heterocycles. The molecule has 2 atom stereocenters. The van der Waals surface area contributed by atoms with Gasteiger partial charge in [-0.3, -0.25) is 0 Å². The molecule has 0 aliphatic carbocycles. The number of aliphatic hydroxyl groups is 1. The highest BCUT2D eigenvalue weighted by atomic mass is 79.9. The van der Waals surface area contributed by atoms with Crippen LogP contribution in [0.25, 0.3) is 0 Å². The molecule has 1 fully saturated rings. The monoisotopic (exact) mass is 297 g/mol. The zero-order valence-corrected chi connectivity index (χ0v) is 11.8. The van der Waals surface area contributed by atoms with E-state index in [4.69, 9.17) is 0 Å². The topological polar surface area (TPSA) is 32.3 Å². The van der Waals surface area contributed by atoms with Gasteiger partial charge in [-0.05, 0) is 43.5 Å². The van der Waals surface area contributed by atoms with Crippen LogP contribution in [-0.2, 0) is 5.60 Å². The van der Waals surface area contributed by atoms with Crippen LogP contribution in [0.2, 0.25) is 0 Å². The second-order valence-electron chi connectivity index (χ2n) is 4.79. The molecule has 0 aromatic heterocycles. The Morgan fingerprint density at radius 2 is 2.29 bits per heavy atom. The van der Waals surface area contributed by atoms with Crippen molar-refractivity contribution in [2.75, 3.05) is 6.54 Å². The number of hydrogen-bond donors (Lipinski definition) is 2. The zero-order valence-electron chi connectivity index (χ0n) is 10.2. The standard InChI is InChI=1S/C14H20BrNO/c1-2-14(17,13-8-3-4-9-16-13)11-6-5-7-12(15)10-11/h5-7,10,13,16-17H,2-4,8-9H2,1H3. The maximum absolute atomic E-state index is 11.0. The van der Waals surface area contributed by atoms with Gasteiger partial charge in [-0.15, -0.1) is 0 Å². The summed E-state index contributed by atoms with van der Waals surface area (Å²) in [6.45, 7) is 3.07. The second-order valence-corrected chi connectivity index (χ2v) is 5.71. The van der Waals surface area contributed by atoms with E-state index in [9.17, 15) is 5.11 Å². The third-order valence-corrected chi connectivity index (χ3v) is 4.24. The highest BCUT2D eigenvalue weighted by molar-refractivity contribution is 9.10. The van der Waals surface area contributed by atoms with Crippen molar-refractivity contribution in [2.24, 2.45) is 0 Å². The minimum atomic E-state index is -0.746. The van der Waals surface area contributed by atoms with Crippen LogP contribution in [0.5, 0.6) is 0 Å². The number of hydrogen-bond acceptors (Lipinski definition) is 2. The largest absolute Gasteiger partial charge is 0.384 e. The normalized spacial score (nSPS) is 24.3. The summed E-state index contributed by atoms with van der Waals surface area (Å²) >= 11 is 3.48. The van der Waals surface area contributed by atoms with Crippen LogP contribution >= 0.6 is 15.9 Å². The summed E-state index contributed by atoms with van der Waals surface area (Å²) < 4.78 is 1.03. The van der Waals surface area contributed by atoms with Gasteiger partial charge in [0.1, 0.15) is 5.60 Å². The van der Waals surface area contributed by atoms with Crippen molar-refractivity contribution in [2.45, 2.75) is 44.2 Å². The minimum Gasteiger partial charge on any atom is -0.384 e. The van der Waals surface area contributed by atoms with Gasteiger partial charge in [-0.25, -0.2) is 0 Å². The average Bonchev–Trinajstić information content (AvgIpc) is 2.39. The molecule has 3 heteroatoms. The fraction of sp³-hybridized carbons (Fsp3) is 0.571. The van der Waals surface area contributed by atoms with E-state index in [2.05, 4.69) is 28.2 Å². The van der Waals surface area contributed by atoms with Gasteiger partial charge in [-0.2, -0.15) is 0 Å². The van der Waals surface area contributed by atoms with Gasteiger partial charge < -0.3 is 10.4 Å². The first-order valence-electron chi connectivity index (χ1n) is 6.38. The lowest BCUT2D eigenvalue weighted by Crippen LogP contribution is -2.50. The number of benzene rings is 1. The van der Waals surface area contributed by atoms with Crippen LogP contribution in [0.4, 0.5) is 0 Å². The summed E-state index contributed by atoms with van der Waals surface area (Å²) in [7, 11) is 0. The average molecular weight is 298 g/mol. The van der Waals surface area contributed by atoms with Crippen molar-refractivity contribution in [1.82, 2.24) is 5.32 Å². The van der Waals surface area contributed by atoms with Gasteiger partial charge in [0.15, 0.2) is 0 Å². The first kappa shape index (κ1) is 13.1. The number of piperidine rings is 1. The van der Waals surface area contributed by atoms with E-state index in [0.717, 1.165) is 29.4 Å². The molecule has 17 heavy (non-hydrogen) atoms. The molecule has 2 rings (SSSR count). The van der Waals surface area contributed by atoms with Crippen molar-refractivity contribution in [3.8, 4) is 0 Å². The molecule has 94 valence electrons.